The van der Waals surface area contributed by atoms with Crippen LogP contribution in [-0.4, -0.2) is 17.9 Å². The van der Waals surface area contributed by atoms with Crippen molar-refractivity contribution in [1.82, 2.24) is 0 Å². The summed E-state index contributed by atoms with van der Waals surface area (Å²) in [5.74, 6) is -0.584. The van der Waals surface area contributed by atoms with Crippen LogP contribution in [0.5, 0.6) is 0 Å². The van der Waals surface area contributed by atoms with Gasteiger partial charge in [-0.1, -0.05) is 0 Å². The van der Waals surface area contributed by atoms with Gasteiger partial charge in [0.05, 0.1) is 11.8 Å². The average molecular weight is 265 g/mol. The monoisotopic (exact) mass is 265 g/mol. The second-order valence-corrected chi connectivity index (χ2v) is 5.37. The number of rotatable bonds is 4. The summed E-state index contributed by atoms with van der Waals surface area (Å²) in [7, 11) is 0. The van der Waals surface area contributed by atoms with Gasteiger partial charge in [-0.05, 0) is 31.2 Å². The molecule has 0 bridgehead atoms. The second-order valence-electron chi connectivity index (χ2n) is 4.26. The number of nitrogens with two attached hydrogens (primary N) is 1. The summed E-state index contributed by atoms with van der Waals surface area (Å²) in [5, 5.41) is 4.45. The van der Waals surface area contributed by atoms with E-state index in [0.29, 0.717) is 10.6 Å². The molecule has 3 N–H and O–H groups in total. The van der Waals surface area contributed by atoms with E-state index in [1.165, 1.54) is 29.4 Å². The van der Waals surface area contributed by atoms with Crippen molar-refractivity contribution in [3.63, 3.8) is 0 Å². The molecule has 1 heterocycles. The van der Waals surface area contributed by atoms with Crippen molar-refractivity contribution in [3.8, 4) is 0 Å². The van der Waals surface area contributed by atoms with Crippen LogP contribution >= 0.6 is 11.3 Å². The maximum absolute atomic E-state index is 11.5. The minimum Gasteiger partial charge on any atom is -0.365 e. The molecule has 0 saturated heterocycles. The molecule has 6 heteroatoms. The van der Waals surface area contributed by atoms with Crippen molar-refractivity contribution in [1.29, 1.82) is 0 Å². The zero-order valence-electron chi connectivity index (χ0n) is 10.2. The van der Waals surface area contributed by atoms with Gasteiger partial charge in [0.1, 0.15) is 5.00 Å². The SMILES string of the molecule is CC(=O)/C=N/Nc1sc2c(c1C(N)=O)CCCC2. The van der Waals surface area contributed by atoms with Crippen molar-refractivity contribution in [2.75, 3.05) is 5.43 Å². The Hall–Kier alpha value is -1.69. The maximum Gasteiger partial charge on any atom is 0.252 e. The number of nitrogens with zero attached hydrogens (tertiary/aromatic N) is 1. The molecule has 1 amide bonds. The fraction of sp³-hybridized carbons (Fsp3) is 0.417. The van der Waals surface area contributed by atoms with E-state index in [1.54, 1.807) is 0 Å². The number of primary amides is 1. The lowest BCUT2D eigenvalue weighted by atomic mass is 9.95. The third-order valence-electron chi connectivity index (χ3n) is 2.83. The first-order chi connectivity index (χ1) is 8.59. The molecule has 0 unspecified atom stereocenters. The normalized spacial score (nSPS) is 14.5. The molecule has 0 radical (unpaired) electrons. The molecule has 0 spiro atoms. The van der Waals surface area contributed by atoms with Gasteiger partial charge in [-0.2, -0.15) is 5.10 Å². The number of hydrazone groups is 1. The van der Waals surface area contributed by atoms with Crippen molar-refractivity contribution < 1.29 is 9.59 Å². The van der Waals surface area contributed by atoms with Crippen LogP contribution in [0.25, 0.3) is 0 Å². The van der Waals surface area contributed by atoms with Gasteiger partial charge < -0.3 is 5.73 Å². The Morgan fingerprint density at radius 1 is 1.39 bits per heavy atom. The van der Waals surface area contributed by atoms with Crippen LogP contribution in [-0.2, 0) is 17.6 Å². The van der Waals surface area contributed by atoms with Crippen LogP contribution in [0.3, 0.4) is 0 Å². The zero-order chi connectivity index (χ0) is 13.1. The van der Waals surface area contributed by atoms with Gasteiger partial charge in [-0.15, -0.1) is 11.3 Å². The number of anilines is 1. The summed E-state index contributed by atoms with van der Waals surface area (Å²) in [4.78, 5) is 23.5. The van der Waals surface area contributed by atoms with Gasteiger partial charge >= 0.3 is 0 Å². The van der Waals surface area contributed by atoms with Crippen molar-refractivity contribution in [3.05, 3.63) is 16.0 Å². The Balaban J connectivity index is 2.31. The number of carbonyl (C=O) groups excluding carboxylic acids is 2. The van der Waals surface area contributed by atoms with E-state index in [1.807, 2.05) is 0 Å². The number of aryl methyl sites for hydroxylation is 1. The zero-order valence-corrected chi connectivity index (χ0v) is 11.0. The fourth-order valence-electron chi connectivity index (χ4n) is 2.09. The smallest absolute Gasteiger partial charge is 0.252 e. The number of amides is 1. The minimum absolute atomic E-state index is 0.149. The topological polar surface area (TPSA) is 84.6 Å². The number of nitrogens with one attached hydrogen (secondary N) is 1. The molecule has 0 aromatic carbocycles. The van der Waals surface area contributed by atoms with E-state index >= 15 is 0 Å². The molecule has 1 aliphatic carbocycles. The van der Waals surface area contributed by atoms with Crippen LogP contribution in [0.1, 0.15) is 40.6 Å². The number of hydrogen-bond acceptors (Lipinski definition) is 5. The molecule has 96 valence electrons. The number of Topliss-reactive ketones (excluding diaryl/α,β-unsaturated/α-hetero) is 1. The standard InChI is InChI=1S/C12H15N3O2S/c1-7(16)6-14-15-12-10(11(13)17)8-4-2-3-5-9(8)18-12/h6,15H,2-5H2,1H3,(H2,13,17)/b14-6+. The van der Waals surface area contributed by atoms with Gasteiger partial charge in [0.2, 0.25) is 0 Å². The van der Waals surface area contributed by atoms with E-state index < -0.39 is 5.91 Å². The highest BCUT2D eigenvalue weighted by Crippen LogP contribution is 2.37. The summed E-state index contributed by atoms with van der Waals surface area (Å²) >= 11 is 1.50. The first kappa shape index (κ1) is 12.8. The third-order valence-corrected chi connectivity index (χ3v) is 4.03. The number of carbonyl (C=O) groups is 2. The van der Waals surface area contributed by atoms with E-state index in [0.717, 1.165) is 31.2 Å². The Morgan fingerprint density at radius 2 is 2.11 bits per heavy atom. The maximum atomic E-state index is 11.5. The summed E-state index contributed by atoms with van der Waals surface area (Å²) in [6.07, 6.45) is 5.28. The summed E-state index contributed by atoms with van der Waals surface area (Å²) in [6, 6.07) is 0. The molecule has 2 rings (SSSR count). The summed E-state index contributed by atoms with van der Waals surface area (Å²) in [5.41, 5.74) is 9.77. The van der Waals surface area contributed by atoms with Crippen LogP contribution < -0.4 is 11.2 Å². The predicted octanol–water partition coefficient (Wildman–Crippen LogP) is 1.71. The van der Waals surface area contributed by atoms with E-state index in [2.05, 4.69) is 10.5 Å². The molecule has 0 atom stereocenters. The lowest BCUT2D eigenvalue weighted by molar-refractivity contribution is -0.110. The Bertz CT molecular complexity index is 520. The molecule has 1 aliphatic rings. The minimum atomic E-state index is -0.435. The third kappa shape index (κ3) is 2.59. The van der Waals surface area contributed by atoms with E-state index in [-0.39, 0.29) is 5.78 Å². The highest BCUT2D eigenvalue weighted by molar-refractivity contribution is 7.16. The number of fused-ring (bicyclic) bond motifs is 1. The molecule has 1 aromatic rings. The van der Waals surface area contributed by atoms with Crippen LogP contribution in [0.2, 0.25) is 0 Å². The number of thiophene rings is 1. The Labute approximate surface area is 109 Å². The highest BCUT2D eigenvalue weighted by atomic mass is 32.1. The van der Waals surface area contributed by atoms with Crippen molar-refractivity contribution in [2.24, 2.45) is 10.8 Å². The van der Waals surface area contributed by atoms with Gasteiger partial charge in [0.15, 0.2) is 5.78 Å². The molecule has 0 aliphatic heterocycles. The van der Waals surface area contributed by atoms with Crippen LogP contribution in [0, 0.1) is 0 Å². The molecule has 1 aromatic heterocycles. The number of ketones is 1. The molecule has 5 nitrogen and oxygen atoms in total. The highest BCUT2D eigenvalue weighted by Gasteiger charge is 2.23. The first-order valence-electron chi connectivity index (χ1n) is 5.83. The molecular formula is C12H15N3O2S. The van der Waals surface area contributed by atoms with E-state index in [9.17, 15) is 9.59 Å². The lowest BCUT2D eigenvalue weighted by Gasteiger charge is -2.10. The van der Waals surface area contributed by atoms with Crippen LogP contribution in [0.4, 0.5) is 5.00 Å². The average Bonchev–Trinajstić information content (AvgIpc) is 2.66. The second kappa shape index (κ2) is 5.30. The Morgan fingerprint density at radius 3 is 2.78 bits per heavy atom. The molecular weight excluding hydrogens is 250 g/mol. The fourth-order valence-corrected chi connectivity index (χ4v) is 3.33. The van der Waals surface area contributed by atoms with Crippen molar-refractivity contribution >= 4 is 34.2 Å². The van der Waals surface area contributed by atoms with Gasteiger partial charge in [-0.3, -0.25) is 15.0 Å². The number of hydrogen-bond donors (Lipinski definition) is 2. The lowest BCUT2D eigenvalue weighted by Crippen LogP contribution is -2.15. The summed E-state index contributed by atoms with van der Waals surface area (Å²) < 4.78 is 0. The first-order valence-corrected chi connectivity index (χ1v) is 6.65. The molecule has 0 saturated carbocycles. The van der Waals surface area contributed by atoms with Gasteiger partial charge in [0, 0.05) is 11.8 Å². The summed E-state index contributed by atoms with van der Waals surface area (Å²) in [6.45, 7) is 1.42. The van der Waals surface area contributed by atoms with E-state index in [4.69, 9.17) is 5.73 Å². The van der Waals surface area contributed by atoms with Gasteiger partial charge in [-0.25, -0.2) is 0 Å². The van der Waals surface area contributed by atoms with Crippen LogP contribution in [0.15, 0.2) is 5.10 Å². The predicted molar refractivity (Wildman–Crippen MR) is 72.3 cm³/mol. The quantitative estimate of drug-likeness (QED) is 0.642. The van der Waals surface area contributed by atoms with Gasteiger partial charge in [0.25, 0.3) is 5.91 Å². The largest absolute Gasteiger partial charge is 0.365 e. The molecule has 0 fully saturated rings. The molecule has 18 heavy (non-hydrogen) atoms. The van der Waals surface area contributed by atoms with Crippen molar-refractivity contribution in [2.45, 2.75) is 32.6 Å². The Kier molecular flexibility index (Phi) is 3.76.